The molecule has 0 radical (unpaired) electrons. The number of piperidine rings is 1. The molecule has 0 saturated carbocycles. The van der Waals surface area contributed by atoms with E-state index < -0.39 is 0 Å². The van der Waals surface area contributed by atoms with Crippen molar-refractivity contribution >= 4 is 23.1 Å². The highest BCUT2D eigenvalue weighted by atomic mass is 35.5. The van der Waals surface area contributed by atoms with E-state index in [4.69, 9.17) is 17.3 Å². The number of nitrogen functional groups attached to an aromatic ring is 1. The molecule has 2 rings (SSSR count). The van der Waals surface area contributed by atoms with Crippen LogP contribution in [0.25, 0.3) is 0 Å². The SMILES string of the molecule is Cc1nc(Cl)nc(N2CCC(C)CC2C)c1N. The number of nitrogens with two attached hydrogens (primary N) is 1. The van der Waals surface area contributed by atoms with Gasteiger partial charge in [0.1, 0.15) is 0 Å². The smallest absolute Gasteiger partial charge is 0.224 e. The molecule has 17 heavy (non-hydrogen) atoms. The topological polar surface area (TPSA) is 55.0 Å². The van der Waals surface area contributed by atoms with Gasteiger partial charge >= 0.3 is 0 Å². The van der Waals surface area contributed by atoms with Crippen LogP contribution in [-0.4, -0.2) is 22.6 Å². The van der Waals surface area contributed by atoms with Crippen LogP contribution in [0, 0.1) is 12.8 Å². The Labute approximate surface area is 107 Å². The monoisotopic (exact) mass is 254 g/mol. The molecular weight excluding hydrogens is 236 g/mol. The maximum atomic E-state index is 6.05. The lowest BCUT2D eigenvalue weighted by Crippen LogP contribution is -2.41. The van der Waals surface area contributed by atoms with Gasteiger partial charge in [-0.15, -0.1) is 0 Å². The summed E-state index contributed by atoms with van der Waals surface area (Å²) in [6, 6.07) is 0.450. The van der Waals surface area contributed by atoms with Crippen molar-refractivity contribution in [2.45, 2.75) is 39.7 Å². The van der Waals surface area contributed by atoms with Crippen molar-refractivity contribution in [3.63, 3.8) is 0 Å². The molecule has 2 heterocycles. The van der Waals surface area contributed by atoms with E-state index in [0.717, 1.165) is 24.0 Å². The lowest BCUT2D eigenvalue weighted by atomic mass is 9.93. The summed E-state index contributed by atoms with van der Waals surface area (Å²) in [6.07, 6.45) is 2.34. The molecule has 0 aromatic carbocycles. The van der Waals surface area contributed by atoms with Crippen LogP contribution in [0.5, 0.6) is 0 Å². The molecule has 94 valence electrons. The first-order chi connectivity index (χ1) is 7.99. The molecule has 1 fully saturated rings. The Kier molecular flexibility index (Phi) is 3.43. The molecular formula is C12H19ClN4. The predicted molar refractivity (Wildman–Crippen MR) is 71.4 cm³/mol. The zero-order valence-electron chi connectivity index (χ0n) is 10.6. The molecule has 0 aliphatic carbocycles. The second-order valence-corrected chi connectivity index (χ2v) is 5.33. The summed E-state index contributed by atoms with van der Waals surface area (Å²) in [5, 5.41) is 0.275. The maximum Gasteiger partial charge on any atom is 0.224 e. The number of nitrogens with zero attached hydrogens (tertiary/aromatic N) is 3. The lowest BCUT2D eigenvalue weighted by molar-refractivity contribution is 0.376. The fourth-order valence-electron chi connectivity index (χ4n) is 2.47. The molecule has 1 aromatic rings. The fraction of sp³-hybridized carbons (Fsp3) is 0.667. The van der Waals surface area contributed by atoms with E-state index in [2.05, 4.69) is 28.7 Å². The predicted octanol–water partition coefficient (Wildman–Crippen LogP) is 2.65. The Morgan fingerprint density at radius 1 is 1.35 bits per heavy atom. The largest absolute Gasteiger partial charge is 0.394 e. The Hall–Kier alpha value is -1.03. The number of halogens is 1. The van der Waals surface area contributed by atoms with Crippen molar-refractivity contribution < 1.29 is 0 Å². The Balaban J connectivity index is 2.33. The third-order valence-corrected chi connectivity index (χ3v) is 3.67. The Bertz CT molecular complexity index is 421. The van der Waals surface area contributed by atoms with Crippen molar-refractivity contribution in [3.05, 3.63) is 11.0 Å². The number of aryl methyl sites for hydroxylation is 1. The first-order valence-electron chi connectivity index (χ1n) is 6.05. The summed E-state index contributed by atoms with van der Waals surface area (Å²) in [5.41, 5.74) is 7.46. The molecule has 2 unspecified atom stereocenters. The standard InChI is InChI=1S/C12H19ClN4/c1-7-4-5-17(8(2)6-7)11-10(14)9(3)15-12(13)16-11/h7-8H,4-6,14H2,1-3H3. The molecule has 0 amide bonds. The van der Waals surface area contributed by atoms with Gasteiger partial charge in [0, 0.05) is 12.6 Å². The van der Waals surface area contributed by atoms with Gasteiger partial charge in [-0.2, -0.15) is 4.98 Å². The average Bonchev–Trinajstić information content (AvgIpc) is 2.24. The molecule has 1 aromatic heterocycles. The minimum atomic E-state index is 0.275. The molecule has 1 saturated heterocycles. The van der Waals surface area contributed by atoms with E-state index in [-0.39, 0.29) is 5.28 Å². The number of aromatic nitrogens is 2. The van der Waals surface area contributed by atoms with Gasteiger partial charge < -0.3 is 10.6 Å². The van der Waals surface area contributed by atoms with Gasteiger partial charge in [0.25, 0.3) is 0 Å². The highest BCUT2D eigenvalue weighted by Crippen LogP contribution is 2.31. The van der Waals surface area contributed by atoms with Crippen LogP contribution >= 0.6 is 11.6 Å². The Morgan fingerprint density at radius 2 is 2.06 bits per heavy atom. The third kappa shape index (κ3) is 2.46. The molecule has 2 atom stereocenters. The van der Waals surface area contributed by atoms with Gasteiger partial charge in [-0.1, -0.05) is 6.92 Å². The normalized spacial score (nSPS) is 25.1. The molecule has 4 nitrogen and oxygen atoms in total. The first kappa shape index (κ1) is 12.4. The van der Waals surface area contributed by atoms with Crippen LogP contribution in [0.3, 0.4) is 0 Å². The summed E-state index contributed by atoms with van der Waals surface area (Å²) in [4.78, 5) is 10.6. The quantitative estimate of drug-likeness (QED) is 0.783. The number of hydrogen-bond donors (Lipinski definition) is 1. The number of hydrogen-bond acceptors (Lipinski definition) is 4. The van der Waals surface area contributed by atoms with E-state index in [1.807, 2.05) is 6.92 Å². The molecule has 1 aliphatic heterocycles. The molecule has 0 spiro atoms. The van der Waals surface area contributed by atoms with Gasteiger partial charge in [-0.05, 0) is 44.2 Å². The van der Waals surface area contributed by atoms with Crippen LogP contribution in [-0.2, 0) is 0 Å². The first-order valence-corrected chi connectivity index (χ1v) is 6.43. The number of anilines is 2. The number of rotatable bonds is 1. The average molecular weight is 255 g/mol. The van der Waals surface area contributed by atoms with Crippen LogP contribution in [0.1, 0.15) is 32.4 Å². The van der Waals surface area contributed by atoms with Gasteiger partial charge in [0.2, 0.25) is 5.28 Å². The summed E-state index contributed by atoms with van der Waals surface area (Å²) >= 11 is 5.91. The van der Waals surface area contributed by atoms with Gasteiger partial charge in [-0.3, -0.25) is 0 Å². The summed E-state index contributed by atoms with van der Waals surface area (Å²) in [7, 11) is 0. The molecule has 1 aliphatic rings. The zero-order valence-corrected chi connectivity index (χ0v) is 11.3. The zero-order chi connectivity index (χ0) is 12.6. The second-order valence-electron chi connectivity index (χ2n) is 4.99. The lowest BCUT2D eigenvalue weighted by Gasteiger charge is -2.38. The fourth-order valence-corrected chi connectivity index (χ4v) is 2.68. The van der Waals surface area contributed by atoms with Gasteiger partial charge in [0.15, 0.2) is 5.82 Å². The summed E-state index contributed by atoms with van der Waals surface area (Å²) in [6.45, 7) is 7.35. The molecule has 2 N–H and O–H groups in total. The molecule has 0 bridgehead atoms. The van der Waals surface area contributed by atoms with Crippen molar-refractivity contribution in [3.8, 4) is 0 Å². The van der Waals surface area contributed by atoms with Crippen molar-refractivity contribution in [2.75, 3.05) is 17.2 Å². The van der Waals surface area contributed by atoms with E-state index in [1.54, 1.807) is 0 Å². The van der Waals surface area contributed by atoms with E-state index >= 15 is 0 Å². The summed E-state index contributed by atoms with van der Waals surface area (Å²) < 4.78 is 0. The summed E-state index contributed by atoms with van der Waals surface area (Å²) in [5.74, 6) is 1.56. The van der Waals surface area contributed by atoms with Crippen LogP contribution in [0.2, 0.25) is 5.28 Å². The van der Waals surface area contributed by atoms with Gasteiger partial charge in [0.05, 0.1) is 11.4 Å². The van der Waals surface area contributed by atoms with Crippen molar-refractivity contribution in [1.82, 2.24) is 9.97 Å². The van der Waals surface area contributed by atoms with E-state index in [1.165, 1.54) is 12.8 Å². The van der Waals surface area contributed by atoms with E-state index in [9.17, 15) is 0 Å². The highest BCUT2D eigenvalue weighted by Gasteiger charge is 2.26. The van der Waals surface area contributed by atoms with E-state index in [0.29, 0.717) is 11.7 Å². The van der Waals surface area contributed by atoms with Crippen molar-refractivity contribution in [1.29, 1.82) is 0 Å². The second kappa shape index (κ2) is 4.69. The maximum absolute atomic E-state index is 6.05. The Morgan fingerprint density at radius 3 is 2.71 bits per heavy atom. The molecule has 5 heteroatoms. The minimum absolute atomic E-state index is 0.275. The van der Waals surface area contributed by atoms with Crippen molar-refractivity contribution in [2.24, 2.45) is 5.92 Å². The minimum Gasteiger partial charge on any atom is -0.394 e. The third-order valence-electron chi connectivity index (χ3n) is 3.50. The van der Waals surface area contributed by atoms with Crippen LogP contribution in [0.15, 0.2) is 0 Å². The van der Waals surface area contributed by atoms with Gasteiger partial charge in [-0.25, -0.2) is 4.98 Å². The highest BCUT2D eigenvalue weighted by molar-refractivity contribution is 6.28. The van der Waals surface area contributed by atoms with Crippen LogP contribution < -0.4 is 10.6 Å². The van der Waals surface area contributed by atoms with Crippen LogP contribution in [0.4, 0.5) is 11.5 Å².